The Morgan fingerprint density at radius 3 is 2.86 bits per heavy atom. The first-order valence-corrected chi connectivity index (χ1v) is 8.42. The van der Waals surface area contributed by atoms with Gasteiger partial charge >= 0.3 is 0 Å². The molecule has 0 bridgehead atoms. The van der Waals surface area contributed by atoms with Gasteiger partial charge in [0.2, 0.25) is 5.91 Å². The Balaban J connectivity index is 1.78. The van der Waals surface area contributed by atoms with E-state index < -0.39 is 0 Å². The van der Waals surface area contributed by atoms with Crippen molar-refractivity contribution >= 4 is 21.8 Å². The summed E-state index contributed by atoms with van der Waals surface area (Å²) in [6.07, 6.45) is 4.51. The number of hydrogen-bond donors (Lipinski definition) is 1. The van der Waals surface area contributed by atoms with E-state index in [9.17, 15) is 4.79 Å². The first kappa shape index (κ1) is 15.2. The van der Waals surface area contributed by atoms with E-state index in [0.29, 0.717) is 6.54 Å². The molecule has 0 saturated heterocycles. The Morgan fingerprint density at radius 1 is 1.36 bits per heavy atom. The molecule has 0 spiro atoms. The molecule has 0 aliphatic heterocycles. The lowest BCUT2D eigenvalue weighted by atomic mass is 10.1. The molecule has 2 aromatic rings. The summed E-state index contributed by atoms with van der Waals surface area (Å²) in [7, 11) is 0. The molecule has 1 aliphatic carbocycles. The molecule has 116 valence electrons. The third-order valence-corrected chi connectivity index (χ3v) is 4.72. The van der Waals surface area contributed by atoms with Crippen LogP contribution in [0.1, 0.15) is 32.2 Å². The van der Waals surface area contributed by atoms with Gasteiger partial charge in [-0.05, 0) is 38.3 Å². The minimum absolute atomic E-state index is 0.0897. The lowest BCUT2D eigenvalue weighted by Crippen LogP contribution is -2.29. The smallest absolute Gasteiger partial charge is 0.223 e. The number of rotatable bonds is 4. The Kier molecular flexibility index (Phi) is 4.57. The fourth-order valence-corrected chi connectivity index (χ4v) is 3.34. The number of hydrogen-bond acceptors (Lipinski definition) is 3. The van der Waals surface area contributed by atoms with E-state index in [4.69, 9.17) is 0 Å². The second kappa shape index (κ2) is 6.60. The minimum Gasteiger partial charge on any atom is -0.356 e. The predicted octanol–water partition coefficient (Wildman–Crippen LogP) is 3.18. The van der Waals surface area contributed by atoms with Gasteiger partial charge in [-0.25, -0.2) is 4.68 Å². The molecular weight excluding hydrogens is 344 g/mol. The van der Waals surface area contributed by atoms with Gasteiger partial charge in [-0.2, -0.15) is 0 Å². The van der Waals surface area contributed by atoms with Crippen molar-refractivity contribution in [2.45, 2.75) is 32.2 Å². The first-order chi connectivity index (χ1) is 10.7. The van der Waals surface area contributed by atoms with E-state index in [1.165, 1.54) is 0 Å². The summed E-state index contributed by atoms with van der Waals surface area (Å²) in [5.74, 6) is 0.252. The zero-order valence-corrected chi connectivity index (χ0v) is 14.1. The highest BCUT2D eigenvalue weighted by molar-refractivity contribution is 9.10. The largest absolute Gasteiger partial charge is 0.356 e. The molecule has 1 aromatic heterocycles. The molecular formula is C16H19BrN4O. The van der Waals surface area contributed by atoms with Crippen LogP contribution in [0.25, 0.3) is 11.3 Å². The molecule has 1 heterocycles. The molecule has 1 aliphatic rings. The lowest BCUT2D eigenvalue weighted by molar-refractivity contribution is -0.124. The Hall–Kier alpha value is -1.69. The van der Waals surface area contributed by atoms with E-state index in [2.05, 4.69) is 43.7 Å². The van der Waals surface area contributed by atoms with E-state index >= 15 is 0 Å². The lowest BCUT2D eigenvalue weighted by Gasteiger charge is -2.14. The zero-order valence-electron chi connectivity index (χ0n) is 12.5. The van der Waals surface area contributed by atoms with Crippen molar-refractivity contribution in [2.24, 2.45) is 5.92 Å². The van der Waals surface area contributed by atoms with Crippen molar-refractivity contribution in [1.82, 2.24) is 20.3 Å². The molecule has 5 nitrogen and oxygen atoms in total. The fraction of sp³-hybridized carbons (Fsp3) is 0.438. The average Bonchev–Trinajstić information content (AvgIpc) is 3.17. The number of carbonyl (C=O) groups is 1. The number of aromatic nitrogens is 3. The summed E-state index contributed by atoms with van der Waals surface area (Å²) in [5.41, 5.74) is 2.10. The van der Waals surface area contributed by atoms with Crippen LogP contribution >= 0.6 is 15.9 Å². The van der Waals surface area contributed by atoms with Crippen LogP contribution < -0.4 is 5.32 Å². The van der Waals surface area contributed by atoms with Gasteiger partial charge in [-0.1, -0.05) is 33.3 Å². The third-order valence-electron chi connectivity index (χ3n) is 4.19. The number of benzene rings is 1. The van der Waals surface area contributed by atoms with Crippen LogP contribution in [0.2, 0.25) is 0 Å². The highest BCUT2D eigenvalue weighted by Crippen LogP contribution is 2.36. The molecule has 6 heteroatoms. The van der Waals surface area contributed by atoms with Crippen LogP contribution in [0.15, 0.2) is 34.9 Å². The van der Waals surface area contributed by atoms with Crippen molar-refractivity contribution in [2.75, 3.05) is 6.54 Å². The molecule has 0 radical (unpaired) electrons. The third kappa shape index (κ3) is 3.06. The molecule has 1 fully saturated rings. The fourth-order valence-electron chi connectivity index (χ4n) is 3.08. The molecule has 0 unspecified atom stereocenters. The van der Waals surface area contributed by atoms with Gasteiger partial charge in [0.05, 0.1) is 17.9 Å². The van der Waals surface area contributed by atoms with Gasteiger partial charge in [0.1, 0.15) is 0 Å². The quantitative estimate of drug-likeness (QED) is 0.908. The van der Waals surface area contributed by atoms with Gasteiger partial charge in [0, 0.05) is 22.5 Å². The number of carbonyl (C=O) groups excluding carboxylic acids is 1. The minimum atomic E-state index is 0.0897. The standard InChI is InChI=1S/C16H19BrN4O/c1-2-18-16(22)12-5-8-14(9-12)21-15(10-19-20-21)11-3-6-13(17)7-4-11/h3-4,6-7,10,12,14H,2,5,8-9H2,1H3,(H,18,22)/t12-,14+/m0/s1. The summed E-state index contributed by atoms with van der Waals surface area (Å²) >= 11 is 3.45. The number of nitrogens with one attached hydrogen (secondary N) is 1. The van der Waals surface area contributed by atoms with Crippen LogP contribution in [-0.4, -0.2) is 27.4 Å². The van der Waals surface area contributed by atoms with Crippen LogP contribution in [0.3, 0.4) is 0 Å². The second-order valence-electron chi connectivity index (χ2n) is 5.63. The summed E-state index contributed by atoms with van der Waals surface area (Å²) < 4.78 is 3.02. The summed E-state index contributed by atoms with van der Waals surface area (Å²) in [6, 6.07) is 8.37. The Bertz CT molecular complexity index is 652. The van der Waals surface area contributed by atoms with Crippen LogP contribution in [0.4, 0.5) is 0 Å². The highest BCUT2D eigenvalue weighted by Gasteiger charge is 2.32. The molecule has 3 rings (SSSR count). The van der Waals surface area contributed by atoms with Crippen molar-refractivity contribution in [3.05, 3.63) is 34.9 Å². The first-order valence-electron chi connectivity index (χ1n) is 7.63. The second-order valence-corrected chi connectivity index (χ2v) is 6.54. The highest BCUT2D eigenvalue weighted by atomic mass is 79.9. The maximum Gasteiger partial charge on any atom is 0.223 e. The monoisotopic (exact) mass is 362 g/mol. The predicted molar refractivity (Wildman–Crippen MR) is 88.2 cm³/mol. The van der Waals surface area contributed by atoms with E-state index in [1.54, 1.807) is 6.20 Å². The summed E-state index contributed by atoms with van der Waals surface area (Å²) in [5, 5.41) is 11.2. The molecule has 22 heavy (non-hydrogen) atoms. The van der Waals surface area contributed by atoms with Gasteiger partial charge in [-0.3, -0.25) is 4.79 Å². The SMILES string of the molecule is CCNC(=O)[C@H]1CC[C@@H](n2nncc2-c2ccc(Br)cc2)C1. The molecule has 2 atom stereocenters. The Labute approximate surface area is 138 Å². The summed E-state index contributed by atoms with van der Waals surface area (Å²) in [6.45, 7) is 2.64. The van der Waals surface area contributed by atoms with Crippen molar-refractivity contribution in [3.8, 4) is 11.3 Å². The van der Waals surface area contributed by atoms with Gasteiger partial charge in [0.15, 0.2) is 0 Å². The normalized spacial score (nSPS) is 21.0. The van der Waals surface area contributed by atoms with Crippen molar-refractivity contribution < 1.29 is 4.79 Å². The van der Waals surface area contributed by atoms with E-state index in [0.717, 1.165) is 35.0 Å². The van der Waals surface area contributed by atoms with Crippen LogP contribution in [-0.2, 0) is 4.79 Å². The number of halogens is 1. The molecule has 1 N–H and O–H groups in total. The van der Waals surface area contributed by atoms with Gasteiger partial charge in [0.25, 0.3) is 0 Å². The topological polar surface area (TPSA) is 59.8 Å². The van der Waals surface area contributed by atoms with Crippen molar-refractivity contribution in [1.29, 1.82) is 0 Å². The summed E-state index contributed by atoms with van der Waals surface area (Å²) in [4.78, 5) is 12.0. The van der Waals surface area contributed by atoms with E-state index in [1.807, 2.05) is 23.7 Å². The zero-order chi connectivity index (χ0) is 15.5. The van der Waals surface area contributed by atoms with E-state index in [-0.39, 0.29) is 17.9 Å². The maximum absolute atomic E-state index is 12.0. The van der Waals surface area contributed by atoms with Crippen molar-refractivity contribution in [3.63, 3.8) is 0 Å². The van der Waals surface area contributed by atoms with Gasteiger partial charge in [-0.15, -0.1) is 5.10 Å². The maximum atomic E-state index is 12.0. The average molecular weight is 363 g/mol. The van der Waals surface area contributed by atoms with Gasteiger partial charge < -0.3 is 5.32 Å². The Morgan fingerprint density at radius 2 is 2.14 bits per heavy atom. The molecule has 1 amide bonds. The molecule has 1 saturated carbocycles. The van der Waals surface area contributed by atoms with Crippen LogP contribution in [0.5, 0.6) is 0 Å². The molecule has 1 aromatic carbocycles. The number of amides is 1. The van der Waals surface area contributed by atoms with Crippen LogP contribution in [0, 0.1) is 5.92 Å². The number of nitrogens with zero attached hydrogens (tertiary/aromatic N) is 3.